The maximum absolute atomic E-state index is 13.5. The Hall–Kier alpha value is -2.44. The van der Waals surface area contributed by atoms with Gasteiger partial charge in [-0.1, -0.05) is 12.1 Å². The standard InChI is InChI=1S/C24H30N2O8S/c1-26(2)6-7-35-9-11-10-4-3-5-13(27)15(10)20(30)18-16(11)19(29)12-8-14(28)17(23(25)33)21(31)24(12,34)22(18)32/h3-5,11-12,14,16-17,19,27-29,32,34H,6-9H2,1-2H3,(H2,25,33)/t11-,12+,14?,16+,17?,19+,24+/m0/s1. The predicted octanol–water partition coefficient (Wildman–Crippen LogP) is -0.448. The number of aliphatic hydroxyl groups is 4. The van der Waals surface area contributed by atoms with Crippen molar-refractivity contribution >= 4 is 29.2 Å². The Morgan fingerprint density at radius 1 is 1.23 bits per heavy atom. The molecule has 7 N–H and O–H groups in total. The van der Waals surface area contributed by atoms with Crippen LogP contribution in [0.15, 0.2) is 29.5 Å². The highest BCUT2D eigenvalue weighted by molar-refractivity contribution is 7.99. The smallest absolute Gasteiger partial charge is 0.230 e. The maximum Gasteiger partial charge on any atom is 0.230 e. The monoisotopic (exact) mass is 506 g/mol. The number of phenolic OH excluding ortho intramolecular Hbond substituents is 1. The van der Waals surface area contributed by atoms with Gasteiger partial charge in [0.1, 0.15) is 17.4 Å². The Morgan fingerprint density at radius 3 is 2.54 bits per heavy atom. The van der Waals surface area contributed by atoms with Crippen molar-refractivity contribution in [3.63, 3.8) is 0 Å². The summed E-state index contributed by atoms with van der Waals surface area (Å²) in [5.41, 5.74) is 2.56. The lowest BCUT2D eigenvalue weighted by molar-refractivity contribution is -0.179. The summed E-state index contributed by atoms with van der Waals surface area (Å²) in [5, 5.41) is 55.0. The van der Waals surface area contributed by atoms with Crippen LogP contribution in [0.3, 0.4) is 0 Å². The molecular weight excluding hydrogens is 476 g/mol. The molecule has 1 aromatic rings. The third-order valence-electron chi connectivity index (χ3n) is 7.47. The SMILES string of the molecule is CN(C)CCSC[C@H]1c2cccc(O)c2C(=O)C2=C(O)[C@]3(O)C(=O)C(C(N)=O)C(O)C[C@@H]3[C@@H](O)[C@@H]21. The molecule has 2 unspecified atom stereocenters. The molecule has 3 aliphatic carbocycles. The fourth-order valence-corrected chi connectivity index (χ4v) is 7.04. The first-order chi connectivity index (χ1) is 16.4. The Bertz CT molecular complexity index is 1100. The van der Waals surface area contributed by atoms with Crippen molar-refractivity contribution in [2.24, 2.45) is 23.5 Å². The van der Waals surface area contributed by atoms with Crippen LogP contribution in [0.2, 0.25) is 0 Å². The molecule has 0 bridgehead atoms. The molecule has 0 saturated heterocycles. The van der Waals surface area contributed by atoms with Crippen LogP contribution >= 0.6 is 11.8 Å². The van der Waals surface area contributed by atoms with E-state index in [-0.39, 0.29) is 23.3 Å². The third-order valence-corrected chi connectivity index (χ3v) is 8.54. The molecule has 11 heteroatoms. The van der Waals surface area contributed by atoms with E-state index in [0.29, 0.717) is 11.3 Å². The highest BCUT2D eigenvalue weighted by Crippen LogP contribution is 2.55. The van der Waals surface area contributed by atoms with Crippen LogP contribution in [-0.2, 0) is 9.59 Å². The molecule has 7 atom stereocenters. The molecule has 1 saturated carbocycles. The van der Waals surface area contributed by atoms with Crippen LogP contribution in [0, 0.1) is 17.8 Å². The molecule has 0 heterocycles. The van der Waals surface area contributed by atoms with Crippen molar-refractivity contribution in [1.82, 2.24) is 4.90 Å². The number of thioether (sulfide) groups is 1. The van der Waals surface area contributed by atoms with Crippen LogP contribution in [0.5, 0.6) is 5.75 Å². The molecule has 1 fully saturated rings. The van der Waals surface area contributed by atoms with Crippen molar-refractivity contribution < 1.29 is 39.9 Å². The van der Waals surface area contributed by atoms with Crippen LogP contribution in [0.25, 0.3) is 0 Å². The summed E-state index contributed by atoms with van der Waals surface area (Å²) in [4.78, 5) is 40.5. The molecule has 0 radical (unpaired) electrons. The second-order valence-corrected chi connectivity index (χ2v) is 10.9. The van der Waals surface area contributed by atoms with E-state index in [4.69, 9.17) is 5.73 Å². The number of nitrogens with two attached hydrogens (primary N) is 1. The number of phenols is 1. The molecule has 0 spiro atoms. The van der Waals surface area contributed by atoms with E-state index in [0.717, 1.165) is 12.3 Å². The molecule has 0 aliphatic heterocycles. The number of rotatable bonds is 6. The molecule has 10 nitrogen and oxygen atoms in total. The summed E-state index contributed by atoms with van der Waals surface area (Å²) in [5.74, 6) is -8.08. The van der Waals surface area contributed by atoms with E-state index in [1.807, 2.05) is 19.0 Å². The lowest BCUT2D eigenvalue weighted by atomic mass is 9.54. The number of Topliss-reactive ketones (excluding diaryl/α,β-unsaturated/α-hetero) is 2. The fourth-order valence-electron chi connectivity index (χ4n) is 5.73. The van der Waals surface area contributed by atoms with Gasteiger partial charge in [-0.3, -0.25) is 14.4 Å². The van der Waals surface area contributed by atoms with Crippen LogP contribution in [-0.4, -0.2) is 97.9 Å². The summed E-state index contributed by atoms with van der Waals surface area (Å²) in [6, 6.07) is 4.59. The first-order valence-electron chi connectivity index (χ1n) is 11.4. The molecule has 1 aromatic carbocycles. The van der Waals surface area contributed by atoms with Gasteiger partial charge in [-0.2, -0.15) is 11.8 Å². The number of aromatic hydroxyl groups is 1. The number of hydrogen-bond donors (Lipinski definition) is 6. The topological polar surface area (TPSA) is 182 Å². The largest absolute Gasteiger partial charge is 0.508 e. The van der Waals surface area contributed by atoms with E-state index in [1.165, 1.54) is 6.07 Å². The minimum atomic E-state index is -2.77. The van der Waals surface area contributed by atoms with Crippen molar-refractivity contribution in [2.45, 2.75) is 30.1 Å². The molecule has 190 valence electrons. The number of ketones is 2. The summed E-state index contributed by atoms with van der Waals surface area (Å²) < 4.78 is 0. The van der Waals surface area contributed by atoms with Crippen molar-refractivity contribution in [2.75, 3.05) is 32.1 Å². The number of amides is 1. The Morgan fingerprint density at radius 2 is 1.91 bits per heavy atom. The minimum absolute atomic E-state index is 0.0625. The first kappa shape index (κ1) is 25.6. The highest BCUT2D eigenvalue weighted by atomic mass is 32.2. The van der Waals surface area contributed by atoms with Gasteiger partial charge in [0.05, 0.1) is 17.8 Å². The Balaban J connectivity index is 1.87. The molecule has 0 aromatic heterocycles. The lowest BCUT2D eigenvalue weighted by Gasteiger charge is -2.52. The second kappa shape index (κ2) is 9.21. The van der Waals surface area contributed by atoms with Crippen molar-refractivity contribution in [3.8, 4) is 5.75 Å². The highest BCUT2D eigenvalue weighted by Gasteiger charge is 2.66. The van der Waals surface area contributed by atoms with Gasteiger partial charge in [0.15, 0.2) is 17.2 Å². The number of carbonyl (C=O) groups excluding carboxylic acids is 3. The number of nitrogens with zero attached hydrogens (tertiary/aromatic N) is 1. The second-order valence-electron chi connectivity index (χ2n) is 9.75. The van der Waals surface area contributed by atoms with E-state index < -0.39 is 64.7 Å². The van der Waals surface area contributed by atoms with Gasteiger partial charge in [0.25, 0.3) is 0 Å². The van der Waals surface area contributed by atoms with Crippen LogP contribution in [0.1, 0.15) is 28.3 Å². The number of aliphatic hydroxyl groups excluding tert-OH is 3. The van der Waals surface area contributed by atoms with E-state index in [2.05, 4.69) is 0 Å². The number of primary amides is 1. The molecule has 1 amide bonds. The van der Waals surface area contributed by atoms with Gasteiger partial charge in [-0.25, -0.2) is 0 Å². The zero-order valence-corrected chi connectivity index (χ0v) is 20.2. The van der Waals surface area contributed by atoms with Crippen molar-refractivity contribution in [1.29, 1.82) is 0 Å². The van der Waals surface area contributed by atoms with Gasteiger partial charge < -0.3 is 36.2 Å². The zero-order valence-electron chi connectivity index (χ0n) is 19.4. The average Bonchev–Trinajstić information content (AvgIpc) is 2.77. The maximum atomic E-state index is 13.5. The van der Waals surface area contributed by atoms with Gasteiger partial charge in [0.2, 0.25) is 5.91 Å². The fraction of sp³-hybridized carbons (Fsp3) is 0.542. The summed E-state index contributed by atoms with van der Waals surface area (Å²) >= 11 is 1.56. The molecular formula is C24H30N2O8S. The quantitative estimate of drug-likeness (QED) is 0.218. The summed E-state index contributed by atoms with van der Waals surface area (Å²) in [6.45, 7) is 0.780. The number of benzene rings is 1. The van der Waals surface area contributed by atoms with Gasteiger partial charge >= 0.3 is 0 Å². The third kappa shape index (κ3) is 3.86. The lowest BCUT2D eigenvalue weighted by Crippen LogP contribution is -2.67. The minimum Gasteiger partial charge on any atom is -0.508 e. The molecule has 4 rings (SSSR count). The van der Waals surface area contributed by atoms with E-state index >= 15 is 0 Å². The summed E-state index contributed by atoms with van der Waals surface area (Å²) in [6.07, 6.45) is -3.44. The normalized spacial score (nSPS) is 34.5. The number of fused-ring (bicyclic) bond motifs is 3. The Kier molecular flexibility index (Phi) is 6.75. The molecule has 3 aliphatic rings. The van der Waals surface area contributed by atoms with Gasteiger partial charge in [-0.15, -0.1) is 0 Å². The Labute approximate surface area is 206 Å². The zero-order chi connectivity index (χ0) is 25.8. The van der Waals surface area contributed by atoms with Crippen LogP contribution < -0.4 is 5.73 Å². The van der Waals surface area contributed by atoms with Gasteiger partial charge in [-0.05, 0) is 32.1 Å². The number of carbonyl (C=O) groups is 3. The van der Waals surface area contributed by atoms with Gasteiger partial charge in [0, 0.05) is 41.4 Å². The van der Waals surface area contributed by atoms with Crippen LogP contribution in [0.4, 0.5) is 0 Å². The first-order valence-corrected chi connectivity index (χ1v) is 12.5. The summed E-state index contributed by atoms with van der Waals surface area (Å²) in [7, 11) is 3.87. The number of hydrogen-bond acceptors (Lipinski definition) is 10. The predicted molar refractivity (Wildman–Crippen MR) is 127 cm³/mol. The molecule has 35 heavy (non-hydrogen) atoms. The average molecular weight is 507 g/mol. The van der Waals surface area contributed by atoms with Crippen molar-refractivity contribution in [3.05, 3.63) is 40.7 Å². The van der Waals surface area contributed by atoms with E-state index in [1.54, 1.807) is 23.9 Å². The van der Waals surface area contributed by atoms with E-state index in [9.17, 15) is 39.9 Å².